The molecular formula is C21H19N5O4. The molecule has 2 heterocycles. The zero-order valence-corrected chi connectivity index (χ0v) is 16.1. The van der Waals surface area contributed by atoms with Crippen molar-refractivity contribution >= 4 is 23.7 Å². The quantitative estimate of drug-likeness (QED) is 0.617. The van der Waals surface area contributed by atoms with E-state index in [1.165, 1.54) is 12.0 Å². The van der Waals surface area contributed by atoms with Crippen LogP contribution in [0.5, 0.6) is 5.75 Å². The lowest BCUT2D eigenvalue weighted by Crippen LogP contribution is -2.40. The minimum absolute atomic E-state index is 0.210. The molecule has 0 fully saturated rings. The van der Waals surface area contributed by atoms with Crippen molar-refractivity contribution in [2.75, 3.05) is 12.4 Å². The van der Waals surface area contributed by atoms with Gasteiger partial charge in [0.1, 0.15) is 11.6 Å². The highest BCUT2D eigenvalue weighted by molar-refractivity contribution is 6.06. The van der Waals surface area contributed by atoms with Gasteiger partial charge in [-0.2, -0.15) is 5.10 Å². The van der Waals surface area contributed by atoms with Crippen LogP contribution in [0, 0.1) is 0 Å². The monoisotopic (exact) mass is 405 g/mol. The van der Waals surface area contributed by atoms with Gasteiger partial charge in [-0.05, 0) is 24.3 Å². The molecule has 0 atom stereocenters. The lowest BCUT2D eigenvalue weighted by molar-refractivity contribution is 0.0950. The second kappa shape index (κ2) is 8.08. The SMILES string of the molecule is COc1ccccc1C(=O)Nc1[nH]nc2c1CN(C(=O)NC(=O)c1ccccc1)C2. The zero-order valence-electron chi connectivity index (χ0n) is 16.1. The number of carbonyl (C=O) groups excluding carboxylic acids is 3. The number of fused-ring (bicyclic) bond motifs is 1. The number of nitrogens with zero attached hydrogens (tertiary/aromatic N) is 2. The Morgan fingerprint density at radius 1 is 1.00 bits per heavy atom. The summed E-state index contributed by atoms with van der Waals surface area (Å²) < 4.78 is 5.22. The second-order valence-corrected chi connectivity index (χ2v) is 6.66. The molecule has 0 unspecified atom stereocenters. The number of amides is 4. The largest absolute Gasteiger partial charge is 0.496 e. The van der Waals surface area contributed by atoms with Gasteiger partial charge in [-0.3, -0.25) is 20.0 Å². The van der Waals surface area contributed by atoms with Crippen LogP contribution in [0.25, 0.3) is 0 Å². The fraction of sp³-hybridized carbons (Fsp3) is 0.143. The molecule has 0 aliphatic carbocycles. The molecule has 1 aromatic heterocycles. The number of hydrogen-bond donors (Lipinski definition) is 3. The number of rotatable bonds is 4. The van der Waals surface area contributed by atoms with Crippen molar-refractivity contribution in [1.82, 2.24) is 20.4 Å². The van der Waals surface area contributed by atoms with Crippen LogP contribution in [-0.4, -0.2) is 40.1 Å². The molecule has 0 radical (unpaired) electrons. The van der Waals surface area contributed by atoms with Crippen LogP contribution < -0.4 is 15.4 Å². The summed E-state index contributed by atoms with van der Waals surface area (Å²) >= 11 is 0. The predicted molar refractivity (Wildman–Crippen MR) is 108 cm³/mol. The molecule has 0 saturated carbocycles. The molecule has 4 amide bonds. The molecule has 2 aromatic carbocycles. The van der Waals surface area contributed by atoms with E-state index in [1.54, 1.807) is 54.6 Å². The number of nitrogens with one attached hydrogen (secondary N) is 3. The minimum Gasteiger partial charge on any atom is -0.496 e. The van der Waals surface area contributed by atoms with E-state index in [4.69, 9.17) is 4.74 Å². The fourth-order valence-electron chi connectivity index (χ4n) is 3.23. The van der Waals surface area contributed by atoms with Crippen LogP contribution in [0.3, 0.4) is 0 Å². The zero-order chi connectivity index (χ0) is 21.1. The van der Waals surface area contributed by atoms with Crippen molar-refractivity contribution < 1.29 is 19.1 Å². The lowest BCUT2D eigenvalue weighted by atomic mass is 10.2. The van der Waals surface area contributed by atoms with Crippen LogP contribution in [0.2, 0.25) is 0 Å². The summed E-state index contributed by atoms with van der Waals surface area (Å²) in [5, 5.41) is 12.1. The summed E-state index contributed by atoms with van der Waals surface area (Å²) in [4.78, 5) is 38.8. The second-order valence-electron chi connectivity index (χ2n) is 6.66. The Hall–Kier alpha value is -4.14. The molecule has 3 aromatic rings. The third-order valence-corrected chi connectivity index (χ3v) is 4.78. The topological polar surface area (TPSA) is 116 Å². The van der Waals surface area contributed by atoms with E-state index in [0.29, 0.717) is 34.0 Å². The molecule has 1 aliphatic rings. The molecule has 30 heavy (non-hydrogen) atoms. The summed E-state index contributed by atoms with van der Waals surface area (Å²) in [7, 11) is 1.49. The Morgan fingerprint density at radius 3 is 2.50 bits per heavy atom. The number of carbonyl (C=O) groups is 3. The Kier molecular flexibility index (Phi) is 5.17. The van der Waals surface area contributed by atoms with E-state index >= 15 is 0 Å². The average molecular weight is 405 g/mol. The van der Waals surface area contributed by atoms with Gasteiger partial charge in [0.25, 0.3) is 11.8 Å². The van der Waals surface area contributed by atoms with Crippen LogP contribution in [0.4, 0.5) is 10.6 Å². The first-order valence-corrected chi connectivity index (χ1v) is 9.22. The van der Waals surface area contributed by atoms with Crippen molar-refractivity contribution in [2.45, 2.75) is 13.1 Å². The third-order valence-electron chi connectivity index (χ3n) is 4.78. The summed E-state index contributed by atoms with van der Waals surface area (Å²) in [5.41, 5.74) is 2.10. The van der Waals surface area contributed by atoms with Gasteiger partial charge in [0.15, 0.2) is 0 Å². The number of methoxy groups -OCH3 is 1. The van der Waals surface area contributed by atoms with E-state index < -0.39 is 11.9 Å². The maximum absolute atomic E-state index is 12.6. The van der Waals surface area contributed by atoms with Crippen molar-refractivity contribution in [3.05, 3.63) is 77.0 Å². The summed E-state index contributed by atoms with van der Waals surface area (Å²) in [6, 6.07) is 14.8. The molecule has 152 valence electrons. The number of ether oxygens (including phenoxy) is 1. The molecule has 4 rings (SSSR count). The highest BCUT2D eigenvalue weighted by atomic mass is 16.5. The standard InChI is InChI=1S/C21H19N5O4/c1-30-17-10-6-5-9-14(17)20(28)22-18-15-11-26(12-16(15)24-25-18)21(29)23-19(27)13-7-3-2-4-8-13/h2-10H,11-12H2,1H3,(H,23,27,29)(H2,22,24,25,28). The van der Waals surface area contributed by atoms with Gasteiger partial charge in [-0.25, -0.2) is 4.79 Å². The highest BCUT2D eigenvalue weighted by Crippen LogP contribution is 2.28. The van der Waals surface area contributed by atoms with E-state index in [2.05, 4.69) is 20.8 Å². The van der Waals surface area contributed by atoms with Gasteiger partial charge in [-0.1, -0.05) is 30.3 Å². The van der Waals surface area contributed by atoms with Gasteiger partial charge in [0.05, 0.1) is 31.5 Å². The molecule has 9 heteroatoms. The van der Waals surface area contributed by atoms with Crippen LogP contribution >= 0.6 is 0 Å². The van der Waals surface area contributed by atoms with Gasteiger partial charge in [0.2, 0.25) is 0 Å². The van der Waals surface area contributed by atoms with Gasteiger partial charge in [0, 0.05) is 11.1 Å². The molecule has 1 aliphatic heterocycles. The Morgan fingerprint density at radius 2 is 1.73 bits per heavy atom. The molecule has 0 bridgehead atoms. The number of aromatic amines is 1. The lowest BCUT2D eigenvalue weighted by Gasteiger charge is -2.16. The maximum Gasteiger partial charge on any atom is 0.324 e. The first kappa shape index (κ1) is 19.2. The Labute approximate surface area is 172 Å². The molecule has 0 spiro atoms. The predicted octanol–water partition coefficient (Wildman–Crippen LogP) is 2.54. The van der Waals surface area contributed by atoms with Crippen molar-refractivity contribution in [2.24, 2.45) is 0 Å². The normalized spacial score (nSPS) is 12.2. The van der Waals surface area contributed by atoms with E-state index in [1.807, 2.05) is 0 Å². The minimum atomic E-state index is -0.524. The molecule has 3 N–H and O–H groups in total. The highest BCUT2D eigenvalue weighted by Gasteiger charge is 2.30. The van der Waals surface area contributed by atoms with Crippen LogP contribution in [-0.2, 0) is 13.1 Å². The van der Waals surface area contributed by atoms with Crippen molar-refractivity contribution in [1.29, 1.82) is 0 Å². The maximum atomic E-state index is 12.6. The number of para-hydroxylation sites is 1. The first-order valence-electron chi connectivity index (χ1n) is 9.22. The summed E-state index contributed by atoms with van der Waals surface area (Å²) in [5.74, 6) is 0.0228. The number of H-pyrrole nitrogens is 1. The van der Waals surface area contributed by atoms with E-state index in [0.717, 1.165) is 0 Å². The number of benzene rings is 2. The van der Waals surface area contributed by atoms with Gasteiger partial charge in [-0.15, -0.1) is 0 Å². The summed E-state index contributed by atoms with van der Waals surface area (Å²) in [6.07, 6.45) is 0. The first-order chi connectivity index (χ1) is 14.6. The van der Waals surface area contributed by atoms with Crippen LogP contribution in [0.1, 0.15) is 32.0 Å². The van der Waals surface area contributed by atoms with Crippen LogP contribution in [0.15, 0.2) is 54.6 Å². The number of anilines is 1. The number of aromatic nitrogens is 2. The van der Waals surface area contributed by atoms with Gasteiger partial charge < -0.3 is 15.0 Å². The average Bonchev–Trinajstić information content (AvgIpc) is 3.36. The van der Waals surface area contributed by atoms with Crippen molar-refractivity contribution in [3.8, 4) is 5.75 Å². The van der Waals surface area contributed by atoms with E-state index in [9.17, 15) is 14.4 Å². The number of hydrogen-bond acceptors (Lipinski definition) is 5. The summed E-state index contributed by atoms with van der Waals surface area (Å²) in [6.45, 7) is 0.436. The van der Waals surface area contributed by atoms with E-state index in [-0.39, 0.29) is 19.0 Å². The number of imide groups is 1. The van der Waals surface area contributed by atoms with Gasteiger partial charge >= 0.3 is 6.03 Å². The fourth-order valence-corrected chi connectivity index (χ4v) is 3.23. The molecular weight excluding hydrogens is 386 g/mol. The Balaban J connectivity index is 1.43. The Bertz CT molecular complexity index is 1110. The number of urea groups is 1. The molecule has 0 saturated heterocycles. The third kappa shape index (κ3) is 3.72. The molecule has 9 nitrogen and oxygen atoms in total. The smallest absolute Gasteiger partial charge is 0.324 e. The van der Waals surface area contributed by atoms with Crippen molar-refractivity contribution in [3.63, 3.8) is 0 Å².